The van der Waals surface area contributed by atoms with Gasteiger partial charge >= 0.3 is 0 Å². The van der Waals surface area contributed by atoms with Crippen molar-refractivity contribution in [3.8, 4) is 5.75 Å². The van der Waals surface area contributed by atoms with Crippen LogP contribution in [0, 0.1) is 13.8 Å². The average molecular weight is 178 g/mol. The van der Waals surface area contributed by atoms with Crippen molar-refractivity contribution in [2.75, 3.05) is 0 Å². The molecule has 0 radical (unpaired) electrons. The van der Waals surface area contributed by atoms with Gasteiger partial charge in [0.1, 0.15) is 5.75 Å². The van der Waals surface area contributed by atoms with Gasteiger partial charge in [-0.15, -0.1) is 0 Å². The molecule has 0 aliphatic carbocycles. The summed E-state index contributed by atoms with van der Waals surface area (Å²) < 4.78 is 0. The maximum absolute atomic E-state index is 9.37. The lowest BCUT2D eigenvalue weighted by atomic mass is 9.90. The summed E-state index contributed by atoms with van der Waals surface area (Å²) in [6.07, 6.45) is 1.15. The molecular weight excluding hydrogens is 160 g/mol. The van der Waals surface area contributed by atoms with E-state index in [0.717, 1.165) is 6.42 Å². The minimum atomic E-state index is 0.377. The van der Waals surface area contributed by atoms with E-state index in [1.165, 1.54) is 16.7 Å². The number of hydrogen-bond donors (Lipinski definition) is 1. The highest BCUT2D eigenvalue weighted by molar-refractivity contribution is 5.42. The van der Waals surface area contributed by atoms with Crippen LogP contribution in [0.25, 0.3) is 0 Å². The van der Waals surface area contributed by atoms with Gasteiger partial charge in [-0.05, 0) is 55.0 Å². The highest BCUT2D eigenvalue weighted by atomic mass is 16.3. The molecule has 0 heterocycles. The molecule has 1 atom stereocenters. The third-order valence-corrected chi connectivity index (χ3v) is 2.68. The molecule has 1 nitrogen and oxygen atoms in total. The first-order valence-corrected chi connectivity index (χ1v) is 4.86. The summed E-state index contributed by atoms with van der Waals surface area (Å²) in [4.78, 5) is 0. The van der Waals surface area contributed by atoms with Crippen LogP contribution in [0.15, 0.2) is 12.1 Å². The van der Waals surface area contributed by atoms with Crippen molar-refractivity contribution in [2.45, 2.75) is 40.0 Å². The third kappa shape index (κ3) is 2.03. The molecule has 0 saturated carbocycles. The van der Waals surface area contributed by atoms with Crippen LogP contribution in [0.3, 0.4) is 0 Å². The normalized spacial score (nSPS) is 12.9. The van der Waals surface area contributed by atoms with Crippen LogP contribution in [0.5, 0.6) is 5.75 Å². The fourth-order valence-corrected chi connectivity index (χ4v) is 1.93. The maximum atomic E-state index is 9.37. The van der Waals surface area contributed by atoms with E-state index < -0.39 is 0 Å². The summed E-state index contributed by atoms with van der Waals surface area (Å²) in [5.41, 5.74) is 3.79. The molecule has 72 valence electrons. The van der Waals surface area contributed by atoms with Crippen LogP contribution < -0.4 is 0 Å². The second-order valence-corrected chi connectivity index (χ2v) is 3.80. The number of rotatable bonds is 2. The largest absolute Gasteiger partial charge is 0.508 e. The summed E-state index contributed by atoms with van der Waals surface area (Å²) in [6, 6.07) is 3.68. The predicted octanol–water partition coefficient (Wildman–Crippen LogP) is 3.52. The average Bonchev–Trinajstić information content (AvgIpc) is 2.02. The Morgan fingerprint density at radius 1 is 1.23 bits per heavy atom. The summed E-state index contributed by atoms with van der Waals surface area (Å²) in [6.45, 7) is 8.55. The number of phenols is 1. The Labute approximate surface area is 80.4 Å². The van der Waals surface area contributed by atoms with Crippen molar-refractivity contribution in [2.24, 2.45) is 0 Å². The van der Waals surface area contributed by atoms with Gasteiger partial charge in [0.25, 0.3) is 0 Å². The maximum Gasteiger partial charge on any atom is 0.116 e. The van der Waals surface area contributed by atoms with Gasteiger partial charge in [-0.25, -0.2) is 0 Å². The van der Waals surface area contributed by atoms with E-state index in [2.05, 4.69) is 27.7 Å². The van der Waals surface area contributed by atoms with E-state index in [4.69, 9.17) is 0 Å². The molecule has 0 aromatic heterocycles. The first kappa shape index (κ1) is 10.1. The smallest absolute Gasteiger partial charge is 0.116 e. The van der Waals surface area contributed by atoms with Crippen molar-refractivity contribution in [1.29, 1.82) is 0 Å². The fraction of sp³-hybridized carbons (Fsp3) is 0.500. The van der Waals surface area contributed by atoms with Gasteiger partial charge < -0.3 is 5.11 Å². The van der Waals surface area contributed by atoms with Gasteiger partial charge in [0, 0.05) is 0 Å². The van der Waals surface area contributed by atoms with Gasteiger partial charge in [-0.2, -0.15) is 0 Å². The van der Waals surface area contributed by atoms with Crippen molar-refractivity contribution in [1.82, 2.24) is 0 Å². The molecule has 1 unspecified atom stereocenters. The van der Waals surface area contributed by atoms with Gasteiger partial charge in [0.15, 0.2) is 0 Å². The summed E-state index contributed by atoms with van der Waals surface area (Å²) >= 11 is 0. The van der Waals surface area contributed by atoms with Crippen molar-refractivity contribution in [3.05, 3.63) is 28.8 Å². The molecule has 1 N–H and O–H groups in total. The molecule has 1 heteroatoms. The number of phenolic OH excluding ortho intramolecular Hbond substituents is 1. The lowest BCUT2D eigenvalue weighted by Crippen LogP contribution is -1.98. The number of aryl methyl sites for hydroxylation is 2. The molecule has 0 saturated heterocycles. The van der Waals surface area contributed by atoms with E-state index in [0.29, 0.717) is 11.7 Å². The zero-order chi connectivity index (χ0) is 10.0. The topological polar surface area (TPSA) is 20.2 Å². The molecule has 0 amide bonds. The number of hydrogen-bond acceptors (Lipinski definition) is 1. The highest BCUT2D eigenvalue weighted by Gasteiger charge is 2.10. The van der Waals surface area contributed by atoms with Crippen LogP contribution in [0.2, 0.25) is 0 Å². The van der Waals surface area contributed by atoms with Gasteiger partial charge in [0.05, 0.1) is 0 Å². The Bertz CT molecular complexity index is 279. The van der Waals surface area contributed by atoms with Crippen LogP contribution in [0.4, 0.5) is 0 Å². The first-order chi connectivity index (χ1) is 6.06. The van der Waals surface area contributed by atoms with E-state index >= 15 is 0 Å². The van der Waals surface area contributed by atoms with Crippen LogP contribution in [-0.4, -0.2) is 5.11 Å². The third-order valence-electron chi connectivity index (χ3n) is 2.68. The Hall–Kier alpha value is -0.980. The highest BCUT2D eigenvalue weighted by Crippen LogP contribution is 2.28. The summed E-state index contributed by atoms with van der Waals surface area (Å²) in [5.74, 6) is 0.961. The van der Waals surface area contributed by atoms with E-state index in [9.17, 15) is 5.11 Å². The lowest BCUT2D eigenvalue weighted by Gasteiger charge is -2.16. The summed E-state index contributed by atoms with van der Waals surface area (Å²) in [5, 5.41) is 9.37. The molecule has 1 rings (SSSR count). The molecule has 0 aliphatic rings. The van der Waals surface area contributed by atoms with Gasteiger partial charge in [-0.1, -0.05) is 13.8 Å². The monoisotopic (exact) mass is 178 g/mol. The fourth-order valence-electron chi connectivity index (χ4n) is 1.93. The second kappa shape index (κ2) is 3.82. The lowest BCUT2D eigenvalue weighted by molar-refractivity contribution is 0.473. The Balaban J connectivity index is 3.20. The van der Waals surface area contributed by atoms with Crippen LogP contribution in [0.1, 0.15) is 42.9 Å². The quantitative estimate of drug-likeness (QED) is 0.734. The van der Waals surface area contributed by atoms with E-state index in [-0.39, 0.29) is 0 Å². The zero-order valence-electron chi connectivity index (χ0n) is 8.89. The first-order valence-electron chi connectivity index (χ1n) is 4.86. The van der Waals surface area contributed by atoms with Crippen molar-refractivity contribution < 1.29 is 5.11 Å². The molecular formula is C12H18O. The minimum absolute atomic E-state index is 0.377. The Morgan fingerprint density at radius 3 is 2.08 bits per heavy atom. The number of aromatic hydroxyl groups is 1. The summed E-state index contributed by atoms with van der Waals surface area (Å²) in [7, 11) is 0. The zero-order valence-corrected chi connectivity index (χ0v) is 8.89. The van der Waals surface area contributed by atoms with E-state index in [1.807, 2.05) is 12.1 Å². The molecule has 0 aliphatic heterocycles. The molecule has 13 heavy (non-hydrogen) atoms. The molecule has 0 bridgehead atoms. The predicted molar refractivity (Wildman–Crippen MR) is 56.3 cm³/mol. The SMILES string of the molecule is CCC(C)c1c(C)cc(O)cc1C. The van der Waals surface area contributed by atoms with E-state index in [1.54, 1.807) is 0 Å². The van der Waals surface area contributed by atoms with Crippen molar-refractivity contribution in [3.63, 3.8) is 0 Å². The Morgan fingerprint density at radius 2 is 1.69 bits per heavy atom. The van der Waals surface area contributed by atoms with Crippen molar-refractivity contribution >= 4 is 0 Å². The van der Waals surface area contributed by atoms with Crippen LogP contribution in [-0.2, 0) is 0 Å². The minimum Gasteiger partial charge on any atom is -0.508 e. The molecule has 0 spiro atoms. The standard InChI is InChI=1S/C12H18O/c1-5-8(2)12-9(3)6-11(13)7-10(12)4/h6-8,13H,5H2,1-4H3. The second-order valence-electron chi connectivity index (χ2n) is 3.80. The van der Waals surface area contributed by atoms with Gasteiger partial charge in [-0.3, -0.25) is 0 Å². The molecule has 0 fully saturated rings. The molecule has 1 aromatic carbocycles. The van der Waals surface area contributed by atoms with Gasteiger partial charge in [0.2, 0.25) is 0 Å². The Kier molecular flexibility index (Phi) is 2.97. The molecule has 1 aromatic rings. The van der Waals surface area contributed by atoms with Crippen LogP contribution >= 0.6 is 0 Å². The number of benzene rings is 1.